The van der Waals surface area contributed by atoms with E-state index in [2.05, 4.69) is 46.8 Å². The number of hydrogen-bond acceptors (Lipinski definition) is 5. The fourth-order valence-electron chi connectivity index (χ4n) is 4.58. The molecule has 2 aromatic carbocycles. The van der Waals surface area contributed by atoms with Gasteiger partial charge in [0.05, 0.1) is 18.8 Å². The van der Waals surface area contributed by atoms with Gasteiger partial charge in [-0.1, -0.05) is 65.4 Å². The Morgan fingerprint density at radius 1 is 1.06 bits per heavy atom. The Bertz CT molecular complexity index is 1150. The third kappa shape index (κ3) is 4.72. The van der Waals surface area contributed by atoms with Crippen LogP contribution in [-0.2, 0) is 29.2 Å². The Kier molecular flexibility index (Phi) is 6.40. The standard InChI is InChI=1S/C26H29N5O3/c1-18-7-9-20(10-8-18)23-16-31-22(17-34-23)24(28-29-31)26(33)30-13-11-21(12-14-30)25(32)27-15-19-5-3-2-4-6-19/h2-10,21,23H,11-17H2,1H3,(H,27,32)/t23-/m0/s1. The van der Waals surface area contributed by atoms with Crippen LogP contribution in [-0.4, -0.2) is 44.8 Å². The summed E-state index contributed by atoms with van der Waals surface area (Å²) in [5.74, 6) is -0.172. The minimum absolute atomic E-state index is 0.0486. The van der Waals surface area contributed by atoms with Gasteiger partial charge in [0.25, 0.3) is 5.91 Å². The maximum atomic E-state index is 13.2. The second kappa shape index (κ2) is 9.77. The normalized spacial score (nSPS) is 18.4. The van der Waals surface area contributed by atoms with Crippen molar-refractivity contribution < 1.29 is 14.3 Å². The first-order chi connectivity index (χ1) is 16.6. The number of carbonyl (C=O) groups excluding carboxylic acids is 2. The largest absolute Gasteiger partial charge is 0.365 e. The van der Waals surface area contributed by atoms with E-state index in [1.54, 1.807) is 9.58 Å². The van der Waals surface area contributed by atoms with E-state index in [1.807, 2.05) is 30.3 Å². The van der Waals surface area contributed by atoms with Crippen molar-refractivity contribution in [2.75, 3.05) is 13.1 Å². The molecule has 0 bridgehead atoms. The fourth-order valence-corrected chi connectivity index (χ4v) is 4.58. The lowest BCUT2D eigenvalue weighted by Crippen LogP contribution is -2.43. The molecule has 0 saturated carbocycles. The zero-order valence-corrected chi connectivity index (χ0v) is 19.3. The van der Waals surface area contributed by atoms with Crippen molar-refractivity contribution in [1.82, 2.24) is 25.2 Å². The molecule has 176 valence electrons. The van der Waals surface area contributed by atoms with Gasteiger partial charge in [0.1, 0.15) is 6.10 Å². The van der Waals surface area contributed by atoms with Crippen LogP contribution in [0, 0.1) is 12.8 Å². The lowest BCUT2D eigenvalue weighted by Gasteiger charge is -2.31. The van der Waals surface area contributed by atoms with Gasteiger partial charge in [-0.2, -0.15) is 0 Å². The van der Waals surface area contributed by atoms with E-state index >= 15 is 0 Å². The van der Waals surface area contributed by atoms with Crippen LogP contribution in [0.15, 0.2) is 54.6 Å². The van der Waals surface area contributed by atoms with Crippen LogP contribution >= 0.6 is 0 Å². The molecule has 2 amide bonds. The third-order valence-corrected chi connectivity index (χ3v) is 6.71. The molecular formula is C26H29N5O3. The average Bonchev–Trinajstić information content (AvgIpc) is 3.31. The molecule has 3 heterocycles. The molecule has 0 spiro atoms. The van der Waals surface area contributed by atoms with E-state index in [0.717, 1.165) is 16.8 Å². The predicted molar refractivity (Wildman–Crippen MR) is 126 cm³/mol. The monoisotopic (exact) mass is 459 g/mol. The van der Waals surface area contributed by atoms with Gasteiger partial charge in [0, 0.05) is 25.6 Å². The van der Waals surface area contributed by atoms with Crippen LogP contribution in [0.25, 0.3) is 0 Å². The van der Waals surface area contributed by atoms with Gasteiger partial charge in [-0.3, -0.25) is 9.59 Å². The number of aromatic nitrogens is 3. The van der Waals surface area contributed by atoms with Gasteiger partial charge in [-0.25, -0.2) is 4.68 Å². The fraction of sp³-hybridized carbons (Fsp3) is 0.385. The van der Waals surface area contributed by atoms with E-state index < -0.39 is 0 Å². The van der Waals surface area contributed by atoms with E-state index in [1.165, 1.54) is 5.56 Å². The third-order valence-electron chi connectivity index (χ3n) is 6.71. The van der Waals surface area contributed by atoms with Gasteiger partial charge in [-0.05, 0) is 30.9 Å². The Labute approximate surface area is 198 Å². The number of likely N-dealkylation sites (tertiary alicyclic amines) is 1. The quantitative estimate of drug-likeness (QED) is 0.634. The van der Waals surface area contributed by atoms with Crippen molar-refractivity contribution in [3.05, 3.63) is 82.7 Å². The number of piperidine rings is 1. The summed E-state index contributed by atoms with van der Waals surface area (Å²) in [5.41, 5.74) is 4.44. The maximum absolute atomic E-state index is 13.2. The van der Waals surface area contributed by atoms with Crippen molar-refractivity contribution in [1.29, 1.82) is 0 Å². The highest BCUT2D eigenvalue weighted by atomic mass is 16.5. The Balaban J connectivity index is 1.16. The molecule has 0 unspecified atom stereocenters. The second-order valence-corrected chi connectivity index (χ2v) is 9.05. The number of nitrogens with one attached hydrogen (secondary N) is 1. The number of carbonyl (C=O) groups is 2. The Morgan fingerprint density at radius 2 is 1.79 bits per heavy atom. The molecule has 2 aliphatic heterocycles. The summed E-state index contributed by atoms with van der Waals surface area (Å²) >= 11 is 0. The van der Waals surface area contributed by atoms with Crippen molar-refractivity contribution in [3.63, 3.8) is 0 Å². The molecule has 0 aliphatic carbocycles. The van der Waals surface area contributed by atoms with Crippen molar-refractivity contribution in [2.45, 2.75) is 45.6 Å². The number of hydrogen-bond donors (Lipinski definition) is 1. The summed E-state index contributed by atoms with van der Waals surface area (Å²) < 4.78 is 7.84. The first kappa shape index (κ1) is 22.3. The molecule has 8 nitrogen and oxygen atoms in total. The number of nitrogens with zero attached hydrogens (tertiary/aromatic N) is 4. The summed E-state index contributed by atoms with van der Waals surface area (Å²) in [4.78, 5) is 27.5. The Morgan fingerprint density at radius 3 is 2.53 bits per heavy atom. The first-order valence-electron chi connectivity index (χ1n) is 11.8. The predicted octanol–water partition coefficient (Wildman–Crippen LogP) is 3.03. The number of rotatable bonds is 5. The summed E-state index contributed by atoms with van der Waals surface area (Å²) in [7, 11) is 0. The molecule has 8 heteroatoms. The van der Waals surface area contributed by atoms with Gasteiger partial charge in [0.2, 0.25) is 5.91 Å². The van der Waals surface area contributed by atoms with Crippen LogP contribution in [0.5, 0.6) is 0 Å². The summed E-state index contributed by atoms with van der Waals surface area (Å²) in [6, 6.07) is 18.1. The zero-order chi connectivity index (χ0) is 23.5. The molecule has 5 rings (SSSR count). The van der Waals surface area contributed by atoms with Crippen molar-refractivity contribution in [3.8, 4) is 0 Å². The lowest BCUT2D eigenvalue weighted by atomic mass is 9.95. The average molecular weight is 460 g/mol. The summed E-state index contributed by atoms with van der Waals surface area (Å²) in [5, 5.41) is 11.4. The molecule has 1 saturated heterocycles. The van der Waals surface area contributed by atoms with E-state index in [-0.39, 0.29) is 23.8 Å². The maximum Gasteiger partial charge on any atom is 0.276 e. The van der Waals surface area contributed by atoms with Crippen LogP contribution in [0.1, 0.15) is 51.8 Å². The van der Waals surface area contributed by atoms with Gasteiger partial charge in [-0.15, -0.1) is 5.10 Å². The molecule has 1 fully saturated rings. The first-order valence-corrected chi connectivity index (χ1v) is 11.8. The topological polar surface area (TPSA) is 89.4 Å². The van der Waals surface area contributed by atoms with Gasteiger partial charge in [0.15, 0.2) is 5.69 Å². The second-order valence-electron chi connectivity index (χ2n) is 9.05. The SMILES string of the molecule is Cc1ccc([C@@H]2Cn3nnc(C(=O)N4CCC(C(=O)NCc5ccccc5)CC4)c3CO2)cc1. The summed E-state index contributed by atoms with van der Waals surface area (Å²) in [6.07, 6.45) is 1.17. The van der Waals surface area contributed by atoms with Crippen molar-refractivity contribution >= 4 is 11.8 Å². The lowest BCUT2D eigenvalue weighted by molar-refractivity contribution is -0.126. The van der Waals surface area contributed by atoms with Crippen LogP contribution in [0.2, 0.25) is 0 Å². The van der Waals surface area contributed by atoms with E-state index in [9.17, 15) is 9.59 Å². The van der Waals surface area contributed by atoms with Crippen LogP contribution in [0.3, 0.4) is 0 Å². The van der Waals surface area contributed by atoms with Gasteiger partial charge >= 0.3 is 0 Å². The smallest absolute Gasteiger partial charge is 0.276 e. The zero-order valence-electron chi connectivity index (χ0n) is 19.3. The molecule has 1 aromatic heterocycles. The highest BCUT2D eigenvalue weighted by molar-refractivity contribution is 5.93. The number of amides is 2. The number of ether oxygens (including phenoxy) is 1. The number of fused-ring (bicyclic) bond motifs is 1. The molecule has 2 aliphatic rings. The van der Waals surface area contributed by atoms with Crippen LogP contribution < -0.4 is 5.32 Å². The minimum Gasteiger partial charge on any atom is -0.365 e. The summed E-state index contributed by atoms with van der Waals surface area (Å²) in [6.45, 7) is 4.46. The molecular weight excluding hydrogens is 430 g/mol. The molecule has 0 radical (unpaired) electrons. The number of benzene rings is 2. The van der Waals surface area contributed by atoms with Crippen molar-refractivity contribution in [2.24, 2.45) is 5.92 Å². The minimum atomic E-state index is -0.137. The molecule has 34 heavy (non-hydrogen) atoms. The molecule has 1 N–H and O–H groups in total. The van der Waals surface area contributed by atoms with Gasteiger partial charge < -0.3 is 15.0 Å². The van der Waals surface area contributed by atoms with E-state index in [0.29, 0.717) is 51.3 Å². The molecule has 3 aromatic rings. The van der Waals surface area contributed by atoms with Crippen LogP contribution in [0.4, 0.5) is 0 Å². The highest BCUT2D eigenvalue weighted by Gasteiger charge is 2.33. The highest BCUT2D eigenvalue weighted by Crippen LogP contribution is 2.28. The number of aryl methyl sites for hydroxylation is 1. The Hall–Kier alpha value is -3.52. The van der Waals surface area contributed by atoms with E-state index in [4.69, 9.17) is 4.74 Å². The molecule has 1 atom stereocenters.